The number of hydrogen-bond donors (Lipinski definition) is 0. The monoisotopic (exact) mass is 385 g/mol. The normalized spacial score (nSPS) is 22.8. The Bertz CT molecular complexity index is 619. The first-order valence-corrected chi connectivity index (χ1v) is 9.53. The van der Waals surface area contributed by atoms with Crippen LogP contribution >= 0.6 is 24.2 Å². The van der Waals surface area contributed by atoms with E-state index in [0.29, 0.717) is 6.04 Å². The fraction of sp³-hybridized carbons (Fsp3) is 0.556. The van der Waals surface area contributed by atoms with Gasteiger partial charge in [-0.25, -0.2) is 4.39 Å². The second-order valence-electron chi connectivity index (χ2n) is 6.47. The first kappa shape index (κ1) is 20.0. The minimum absolute atomic E-state index is 0. The lowest BCUT2D eigenvalue weighted by Crippen LogP contribution is -2.48. The molecule has 1 aliphatic heterocycles. The summed E-state index contributed by atoms with van der Waals surface area (Å²) in [5.74, 6) is 0.438. The van der Waals surface area contributed by atoms with Crippen LogP contribution in [0.1, 0.15) is 39.0 Å². The summed E-state index contributed by atoms with van der Waals surface area (Å²) in [6, 6.07) is 6.52. The maximum Gasteiger partial charge on any atom is 0.225 e. The highest BCUT2D eigenvalue weighted by Gasteiger charge is 2.34. The van der Waals surface area contributed by atoms with Crippen molar-refractivity contribution in [3.8, 4) is 0 Å². The summed E-state index contributed by atoms with van der Waals surface area (Å²) in [5.41, 5.74) is 0.722. The molecule has 25 heavy (non-hydrogen) atoms. The second kappa shape index (κ2) is 8.90. The number of halogens is 2. The lowest BCUT2D eigenvalue weighted by molar-refractivity contribution is -0.117. The van der Waals surface area contributed by atoms with Crippen LogP contribution < -0.4 is 4.90 Å². The Labute approximate surface area is 159 Å². The number of rotatable bonds is 3. The minimum Gasteiger partial charge on any atom is -0.333 e. The highest BCUT2D eigenvalue weighted by molar-refractivity contribution is 8.14. The van der Waals surface area contributed by atoms with E-state index in [9.17, 15) is 9.18 Å². The molecule has 1 aromatic carbocycles. The van der Waals surface area contributed by atoms with Gasteiger partial charge in [0.05, 0.1) is 6.04 Å². The summed E-state index contributed by atoms with van der Waals surface area (Å²) >= 11 is 1.70. The van der Waals surface area contributed by atoms with Gasteiger partial charge in [0.1, 0.15) is 12.0 Å². The van der Waals surface area contributed by atoms with Crippen molar-refractivity contribution in [1.82, 2.24) is 4.90 Å². The molecule has 0 bridgehead atoms. The third-order valence-electron chi connectivity index (χ3n) is 4.72. The molecule has 1 aliphatic carbocycles. The molecule has 1 unspecified atom stereocenters. The first-order valence-electron chi connectivity index (χ1n) is 8.55. The lowest BCUT2D eigenvalue weighted by atomic mass is 9.96. The van der Waals surface area contributed by atoms with Crippen molar-refractivity contribution in [3.05, 3.63) is 30.1 Å². The van der Waals surface area contributed by atoms with E-state index in [2.05, 4.69) is 4.90 Å². The Balaban J connectivity index is 0.00000225. The summed E-state index contributed by atoms with van der Waals surface area (Å²) in [6.45, 7) is 1.55. The van der Waals surface area contributed by atoms with Gasteiger partial charge in [0.2, 0.25) is 5.91 Å². The van der Waals surface area contributed by atoms with Crippen LogP contribution in [0.5, 0.6) is 0 Å². The van der Waals surface area contributed by atoms with Crippen LogP contribution in [-0.2, 0) is 4.79 Å². The molecule has 0 N–H and O–H groups in total. The average Bonchev–Trinajstić information content (AvgIpc) is 2.91. The van der Waals surface area contributed by atoms with Crippen molar-refractivity contribution in [3.63, 3.8) is 0 Å². The molecule has 138 valence electrons. The molecular formula is C18H25ClFN3OS. The highest BCUT2D eigenvalue weighted by atomic mass is 35.5. The number of amidine groups is 1. The number of amides is 1. The van der Waals surface area contributed by atoms with Crippen LogP contribution in [0.15, 0.2) is 29.3 Å². The number of nitrogens with zero attached hydrogens (tertiary/aromatic N) is 3. The molecule has 1 atom stereocenters. The third-order valence-corrected chi connectivity index (χ3v) is 5.84. The van der Waals surface area contributed by atoms with Crippen molar-refractivity contribution in [2.45, 2.75) is 51.2 Å². The zero-order valence-electron chi connectivity index (χ0n) is 14.7. The van der Waals surface area contributed by atoms with E-state index < -0.39 is 0 Å². The molecule has 0 radical (unpaired) electrons. The maximum atomic E-state index is 13.2. The van der Waals surface area contributed by atoms with Gasteiger partial charge in [-0.15, -0.1) is 12.4 Å². The number of thioether (sulfide) groups is 1. The molecule has 4 nitrogen and oxygen atoms in total. The molecule has 0 aromatic heterocycles. The molecule has 2 fully saturated rings. The van der Waals surface area contributed by atoms with Crippen molar-refractivity contribution in [2.75, 3.05) is 17.7 Å². The van der Waals surface area contributed by atoms with E-state index >= 15 is 0 Å². The van der Waals surface area contributed by atoms with Crippen LogP contribution in [0.2, 0.25) is 0 Å². The van der Waals surface area contributed by atoms with Gasteiger partial charge >= 0.3 is 0 Å². The predicted octanol–water partition coefficient (Wildman–Crippen LogP) is 4.29. The summed E-state index contributed by atoms with van der Waals surface area (Å²) < 4.78 is 13.2. The predicted molar refractivity (Wildman–Crippen MR) is 105 cm³/mol. The number of anilines is 1. The molecule has 2 aliphatic rings. The topological polar surface area (TPSA) is 35.9 Å². The third kappa shape index (κ3) is 4.67. The van der Waals surface area contributed by atoms with E-state index in [1.54, 1.807) is 35.7 Å². The zero-order valence-corrected chi connectivity index (χ0v) is 16.3. The van der Waals surface area contributed by atoms with Crippen molar-refractivity contribution in [2.24, 2.45) is 4.99 Å². The summed E-state index contributed by atoms with van der Waals surface area (Å²) in [6.07, 6.45) is 6.08. The van der Waals surface area contributed by atoms with Gasteiger partial charge < -0.3 is 4.90 Å². The Morgan fingerprint density at radius 3 is 2.48 bits per heavy atom. The van der Waals surface area contributed by atoms with E-state index in [4.69, 9.17) is 4.99 Å². The van der Waals surface area contributed by atoms with Crippen molar-refractivity contribution < 1.29 is 9.18 Å². The number of carbonyl (C=O) groups excluding carboxylic acids is 1. The quantitative estimate of drug-likeness (QED) is 0.778. The molecule has 1 saturated heterocycles. The van der Waals surface area contributed by atoms with Gasteiger partial charge in [-0.05, 0) is 37.1 Å². The molecule has 1 heterocycles. The molecule has 1 saturated carbocycles. The fourth-order valence-corrected chi connectivity index (χ4v) is 4.62. The van der Waals surface area contributed by atoms with E-state index in [-0.39, 0.29) is 30.3 Å². The lowest BCUT2D eigenvalue weighted by Gasteiger charge is -2.33. The van der Waals surface area contributed by atoms with Crippen molar-refractivity contribution in [1.29, 1.82) is 0 Å². The Hall–Kier alpha value is -1.27. The van der Waals surface area contributed by atoms with E-state index in [1.165, 1.54) is 31.4 Å². The summed E-state index contributed by atoms with van der Waals surface area (Å²) in [7, 11) is 1.99. The average molecular weight is 386 g/mol. The fourth-order valence-electron chi connectivity index (χ4n) is 3.40. The van der Waals surface area contributed by atoms with Crippen LogP contribution in [0, 0.1) is 5.82 Å². The smallest absolute Gasteiger partial charge is 0.225 e. The molecule has 1 amide bonds. The van der Waals surface area contributed by atoms with Gasteiger partial charge in [0.15, 0.2) is 5.17 Å². The van der Waals surface area contributed by atoms with Gasteiger partial charge in [0.25, 0.3) is 0 Å². The van der Waals surface area contributed by atoms with Gasteiger partial charge in [-0.2, -0.15) is 0 Å². The number of hydrogen-bond acceptors (Lipinski definition) is 3. The zero-order chi connectivity index (χ0) is 17.1. The van der Waals surface area contributed by atoms with Crippen LogP contribution in [0.25, 0.3) is 0 Å². The van der Waals surface area contributed by atoms with Gasteiger partial charge in [0, 0.05) is 25.4 Å². The molecule has 7 heteroatoms. The minimum atomic E-state index is -0.295. The standard InChI is InChI=1S/C18H24FN3OS.ClH/c1-13(23)22(16-10-8-14(19)9-11-16)17-12-24-18(21(17)2)20-15-6-4-3-5-7-15;/h8-11,15,17H,3-7,12H2,1-2H3;1H. The Kier molecular flexibility index (Phi) is 7.14. The largest absolute Gasteiger partial charge is 0.333 e. The Morgan fingerprint density at radius 1 is 1.24 bits per heavy atom. The molecule has 1 aromatic rings. The van der Waals surface area contributed by atoms with Gasteiger partial charge in [-0.3, -0.25) is 14.7 Å². The first-order chi connectivity index (χ1) is 11.6. The van der Waals surface area contributed by atoms with Crippen molar-refractivity contribution >= 4 is 40.9 Å². The summed E-state index contributed by atoms with van der Waals surface area (Å²) in [4.78, 5) is 21.0. The molecule has 3 rings (SSSR count). The second-order valence-corrected chi connectivity index (χ2v) is 7.46. The number of benzene rings is 1. The highest BCUT2D eigenvalue weighted by Crippen LogP contribution is 2.31. The van der Waals surface area contributed by atoms with E-state index in [0.717, 1.165) is 29.4 Å². The van der Waals surface area contributed by atoms with Crippen LogP contribution in [0.3, 0.4) is 0 Å². The maximum absolute atomic E-state index is 13.2. The number of aliphatic imine (C=N–C) groups is 1. The Morgan fingerprint density at radius 2 is 1.88 bits per heavy atom. The molecule has 0 spiro atoms. The van der Waals surface area contributed by atoms with Crippen LogP contribution in [0.4, 0.5) is 10.1 Å². The SMILES string of the molecule is CC(=O)N(c1ccc(F)cc1)C1CSC(=NC2CCCCC2)N1C.Cl. The summed E-state index contributed by atoms with van der Waals surface area (Å²) in [5, 5.41) is 1.01. The molecular weight excluding hydrogens is 361 g/mol. The van der Waals surface area contributed by atoms with Gasteiger partial charge in [-0.1, -0.05) is 31.0 Å². The number of carbonyl (C=O) groups is 1. The van der Waals surface area contributed by atoms with E-state index in [1.807, 2.05) is 7.05 Å². The van der Waals surface area contributed by atoms with Crippen LogP contribution in [-0.4, -0.2) is 41.0 Å².